The zero-order valence-corrected chi connectivity index (χ0v) is 12.3. The van der Waals surface area contributed by atoms with Gasteiger partial charge in [0.15, 0.2) is 0 Å². The Bertz CT molecular complexity index is 442. The first kappa shape index (κ1) is 19.5. The fourth-order valence-corrected chi connectivity index (χ4v) is 1.50. The molecule has 2 N–H and O–H groups in total. The maximum Gasteiger partial charge on any atom is 0.573 e. The van der Waals surface area contributed by atoms with Crippen molar-refractivity contribution in [3.63, 3.8) is 0 Å². The van der Waals surface area contributed by atoms with Crippen molar-refractivity contribution in [2.75, 3.05) is 19.6 Å². The number of hydrogen-bond acceptors (Lipinski definition) is 3. The van der Waals surface area contributed by atoms with Crippen LogP contribution in [0.15, 0.2) is 24.3 Å². The Kier molecular flexibility index (Phi) is 8.80. The maximum absolute atomic E-state index is 12.1. The SMILES string of the molecule is CCCNCCNC(=O)c1cccc(OC(F)(F)F)c1.Cl. The van der Waals surface area contributed by atoms with Gasteiger partial charge in [-0.15, -0.1) is 25.6 Å². The fourth-order valence-electron chi connectivity index (χ4n) is 1.50. The first-order valence-corrected chi connectivity index (χ1v) is 6.27. The smallest absolute Gasteiger partial charge is 0.406 e. The minimum absolute atomic E-state index is 0. The zero-order chi connectivity index (χ0) is 15.0. The van der Waals surface area contributed by atoms with Crippen LogP contribution in [0.4, 0.5) is 13.2 Å². The highest BCUT2D eigenvalue weighted by Crippen LogP contribution is 2.23. The second kappa shape index (κ2) is 9.46. The number of ether oxygens (including phenoxy) is 1. The molecule has 120 valence electrons. The Labute approximate surface area is 127 Å². The molecule has 8 heteroatoms. The molecule has 0 aliphatic heterocycles. The van der Waals surface area contributed by atoms with Gasteiger partial charge in [0.25, 0.3) is 5.91 Å². The van der Waals surface area contributed by atoms with Crippen LogP contribution in [0.1, 0.15) is 23.7 Å². The van der Waals surface area contributed by atoms with E-state index in [1.54, 1.807) is 0 Å². The molecule has 0 aliphatic rings. The summed E-state index contributed by atoms with van der Waals surface area (Å²) in [4.78, 5) is 11.7. The Morgan fingerprint density at radius 3 is 2.57 bits per heavy atom. The van der Waals surface area contributed by atoms with E-state index in [1.165, 1.54) is 12.1 Å². The summed E-state index contributed by atoms with van der Waals surface area (Å²) in [5.41, 5.74) is 0.127. The molecule has 0 fully saturated rings. The molecule has 0 aliphatic carbocycles. The Morgan fingerprint density at radius 1 is 1.24 bits per heavy atom. The summed E-state index contributed by atoms with van der Waals surface area (Å²) < 4.78 is 40.0. The number of alkyl halides is 3. The van der Waals surface area contributed by atoms with Crippen LogP contribution in [0.2, 0.25) is 0 Å². The molecule has 0 radical (unpaired) electrons. The lowest BCUT2D eigenvalue weighted by molar-refractivity contribution is -0.274. The van der Waals surface area contributed by atoms with Gasteiger partial charge in [0, 0.05) is 18.7 Å². The molecule has 0 unspecified atom stereocenters. The van der Waals surface area contributed by atoms with E-state index in [-0.39, 0.29) is 18.0 Å². The summed E-state index contributed by atoms with van der Waals surface area (Å²) in [5.74, 6) is -0.842. The Balaban J connectivity index is 0.00000400. The number of halogens is 4. The average molecular weight is 327 g/mol. The molecule has 0 atom stereocenters. The Morgan fingerprint density at radius 2 is 1.95 bits per heavy atom. The van der Waals surface area contributed by atoms with Crippen LogP contribution in [0.3, 0.4) is 0 Å². The average Bonchev–Trinajstić information content (AvgIpc) is 2.36. The van der Waals surface area contributed by atoms with Crippen molar-refractivity contribution in [3.8, 4) is 5.75 Å². The molecule has 0 saturated heterocycles. The monoisotopic (exact) mass is 326 g/mol. The minimum atomic E-state index is -4.76. The number of carbonyl (C=O) groups excluding carboxylic acids is 1. The largest absolute Gasteiger partial charge is 0.573 e. The predicted octanol–water partition coefficient (Wildman–Crippen LogP) is 2.74. The minimum Gasteiger partial charge on any atom is -0.406 e. The second-order valence-electron chi connectivity index (χ2n) is 4.08. The molecule has 0 heterocycles. The number of amides is 1. The molecule has 0 spiro atoms. The quantitative estimate of drug-likeness (QED) is 0.758. The number of carbonyl (C=O) groups is 1. The molecule has 4 nitrogen and oxygen atoms in total. The van der Waals surface area contributed by atoms with E-state index in [0.717, 1.165) is 25.1 Å². The van der Waals surface area contributed by atoms with Crippen molar-refractivity contribution in [1.82, 2.24) is 10.6 Å². The van der Waals surface area contributed by atoms with Gasteiger partial charge in [-0.25, -0.2) is 0 Å². The van der Waals surface area contributed by atoms with Crippen LogP contribution in [0.5, 0.6) is 5.75 Å². The van der Waals surface area contributed by atoms with Gasteiger partial charge in [-0.1, -0.05) is 13.0 Å². The van der Waals surface area contributed by atoms with E-state index in [4.69, 9.17) is 0 Å². The van der Waals surface area contributed by atoms with Gasteiger partial charge < -0.3 is 15.4 Å². The molecule has 1 amide bonds. The number of hydrogen-bond donors (Lipinski definition) is 2. The third-order valence-electron chi connectivity index (χ3n) is 2.34. The molecule has 1 rings (SSSR count). The van der Waals surface area contributed by atoms with Crippen LogP contribution in [0, 0.1) is 0 Å². The molecular formula is C13H18ClF3N2O2. The fraction of sp³-hybridized carbons (Fsp3) is 0.462. The van der Waals surface area contributed by atoms with Crippen LogP contribution in [-0.4, -0.2) is 31.9 Å². The van der Waals surface area contributed by atoms with E-state index < -0.39 is 18.0 Å². The van der Waals surface area contributed by atoms with E-state index in [1.807, 2.05) is 6.92 Å². The summed E-state index contributed by atoms with van der Waals surface area (Å²) >= 11 is 0. The highest BCUT2D eigenvalue weighted by Gasteiger charge is 2.31. The number of nitrogens with one attached hydrogen (secondary N) is 2. The van der Waals surface area contributed by atoms with E-state index in [9.17, 15) is 18.0 Å². The molecule has 0 saturated carbocycles. The van der Waals surface area contributed by atoms with Gasteiger partial charge in [-0.2, -0.15) is 0 Å². The highest BCUT2D eigenvalue weighted by molar-refractivity contribution is 5.94. The van der Waals surface area contributed by atoms with Gasteiger partial charge in [-0.3, -0.25) is 4.79 Å². The van der Waals surface area contributed by atoms with Crippen molar-refractivity contribution in [2.24, 2.45) is 0 Å². The summed E-state index contributed by atoms with van der Waals surface area (Å²) in [6.45, 7) is 3.89. The lowest BCUT2D eigenvalue weighted by Crippen LogP contribution is -2.32. The summed E-state index contributed by atoms with van der Waals surface area (Å²) in [7, 11) is 0. The summed E-state index contributed by atoms with van der Waals surface area (Å²) in [5, 5.41) is 5.71. The summed E-state index contributed by atoms with van der Waals surface area (Å²) in [6, 6.07) is 4.97. The van der Waals surface area contributed by atoms with Crippen molar-refractivity contribution in [3.05, 3.63) is 29.8 Å². The van der Waals surface area contributed by atoms with E-state index in [0.29, 0.717) is 13.1 Å². The zero-order valence-electron chi connectivity index (χ0n) is 11.5. The van der Waals surface area contributed by atoms with Gasteiger partial charge in [0.2, 0.25) is 0 Å². The van der Waals surface area contributed by atoms with Gasteiger partial charge in [0.05, 0.1) is 0 Å². The molecule has 1 aromatic rings. The van der Waals surface area contributed by atoms with Crippen molar-refractivity contribution in [2.45, 2.75) is 19.7 Å². The molecule has 21 heavy (non-hydrogen) atoms. The van der Waals surface area contributed by atoms with Crippen LogP contribution < -0.4 is 15.4 Å². The normalized spacial score (nSPS) is 10.7. The van der Waals surface area contributed by atoms with Gasteiger partial charge >= 0.3 is 6.36 Å². The second-order valence-corrected chi connectivity index (χ2v) is 4.08. The van der Waals surface area contributed by atoms with E-state index >= 15 is 0 Å². The number of benzene rings is 1. The standard InChI is InChI=1S/C13H17F3N2O2.ClH/c1-2-6-17-7-8-18-12(19)10-4-3-5-11(9-10)20-13(14,15)16;/h3-5,9,17H,2,6-8H2,1H3,(H,18,19);1H. The van der Waals surface area contributed by atoms with Crippen molar-refractivity contribution < 1.29 is 22.7 Å². The predicted molar refractivity (Wildman–Crippen MR) is 75.9 cm³/mol. The lowest BCUT2D eigenvalue weighted by Gasteiger charge is -2.10. The first-order chi connectivity index (χ1) is 9.42. The molecule has 0 aromatic heterocycles. The molecule has 1 aromatic carbocycles. The summed E-state index contributed by atoms with van der Waals surface area (Å²) in [6.07, 6.45) is -3.77. The lowest BCUT2D eigenvalue weighted by atomic mass is 10.2. The van der Waals surface area contributed by atoms with Crippen LogP contribution in [0.25, 0.3) is 0 Å². The first-order valence-electron chi connectivity index (χ1n) is 6.27. The third kappa shape index (κ3) is 8.41. The third-order valence-corrected chi connectivity index (χ3v) is 2.34. The topological polar surface area (TPSA) is 50.4 Å². The van der Waals surface area contributed by atoms with E-state index in [2.05, 4.69) is 15.4 Å². The van der Waals surface area contributed by atoms with Gasteiger partial charge in [0.1, 0.15) is 5.75 Å². The molecular weight excluding hydrogens is 309 g/mol. The van der Waals surface area contributed by atoms with Gasteiger partial charge in [-0.05, 0) is 31.2 Å². The van der Waals surface area contributed by atoms with Crippen molar-refractivity contribution >= 4 is 18.3 Å². The highest BCUT2D eigenvalue weighted by atomic mass is 35.5. The number of rotatable bonds is 7. The maximum atomic E-state index is 12.1. The molecule has 0 bridgehead atoms. The van der Waals surface area contributed by atoms with Crippen LogP contribution in [-0.2, 0) is 0 Å². The van der Waals surface area contributed by atoms with Crippen molar-refractivity contribution in [1.29, 1.82) is 0 Å². The van der Waals surface area contributed by atoms with Crippen LogP contribution >= 0.6 is 12.4 Å². The Hall–Kier alpha value is -1.47.